The van der Waals surface area contributed by atoms with Crippen molar-refractivity contribution in [2.75, 3.05) is 0 Å². The zero-order chi connectivity index (χ0) is 18.1. The Morgan fingerprint density at radius 3 is 2.92 bits per heavy atom. The smallest absolute Gasteiger partial charge is 0.123 e. The maximum absolute atomic E-state index is 13.6. The second-order valence-electron chi connectivity index (χ2n) is 7.11. The molecule has 0 unspecified atom stereocenters. The van der Waals surface area contributed by atoms with E-state index in [-0.39, 0.29) is 5.82 Å². The van der Waals surface area contributed by atoms with Crippen molar-refractivity contribution in [1.82, 2.24) is 14.8 Å². The van der Waals surface area contributed by atoms with Crippen molar-refractivity contribution >= 4 is 0 Å². The first-order chi connectivity index (χ1) is 12.6. The van der Waals surface area contributed by atoms with Gasteiger partial charge in [-0.25, -0.2) is 4.39 Å². The fourth-order valence-electron chi connectivity index (χ4n) is 3.30. The highest BCUT2D eigenvalue weighted by molar-refractivity contribution is 5.68. The van der Waals surface area contributed by atoms with Gasteiger partial charge in [0, 0.05) is 30.9 Å². The van der Waals surface area contributed by atoms with E-state index in [1.165, 1.54) is 25.0 Å². The van der Waals surface area contributed by atoms with Crippen molar-refractivity contribution in [2.45, 2.75) is 38.8 Å². The second-order valence-corrected chi connectivity index (χ2v) is 7.11. The molecule has 3 aromatic rings. The molecule has 26 heavy (non-hydrogen) atoms. The van der Waals surface area contributed by atoms with Gasteiger partial charge in [0.2, 0.25) is 0 Å². The lowest BCUT2D eigenvalue weighted by Gasteiger charge is -2.14. The van der Waals surface area contributed by atoms with Crippen LogP contribution in [0.1, 0.15) is 42.6 Å². The van der Waals surface area contributed by atoms with Crippen LogP contribution in [0.3, 0.4) is 0 Å². The number of aliphatic hydroxyl groups excluding tert-OH is 1. The second kappa shape index (κ2) is 7.00. The molecule has 0 bridgehead atoms. The minimum atomic E-state index is -0.767. The van der Waals surface area contributed by atoms with Crippen LogP contribution in [0.25, 0.3) is 11.3 Å². The van der Waals surface area contributed by atoms with E-state index in [4.69, 9.17) is 0 Å². The standard InChI is InChI=1S/C21H22FN3O/c1-14(26)20-10-18(22)6-7-19(20)21-17(3-2-8-23-21)9-16-11-24-25(13-16)12-15-4-5-15/h2-3,6-8,10-11,13-15,26H,4-5,9,12H2,1H3/t14-/m1/s1. The topological polar surface area (TPSA) is 50.9 Å². The van der Waals surface area contributed by atoms with E-state index in [1.54, 1.807) is 19.2 Å². The minimum absolute atomic E-state index is 0.358. The largest absolute Gasteiger partial charge is 0.389 e. The predicted molar refractivity (Wildman–Crippen MR) is 98.0 cm³/mol. The SMILES string of the molecule is C[C@@H](O)c1cc(F)ccc1-c1ncccc1Cc1cnn(CC2CC2)c1. The first-order valence-electron chi connectivity index (χ1n) is 9.03. The third-order valence-corrected chi connectivity index (χ3v) is 4.83. The molecule has 1 fully saturated rings. The Hall–Kier alpha value is -2.53. The third kappa shape index (κ3) is 3.68. The summed E-state index contributed by atoms with van der Waals surface area (Å²) in [7, 11) is 0. The Balaban J connectivity index is 1.66. The number of aromatic nitrogens is 3. The van der Waals surface area contributed by atoms with Gasteiger partial charge >= 0.3 is 0 Å². The van der Waals surface area contributed by atoms with Crippen LogP contribution >= 0.6 is 0 Å². The lowest BCUT2D eigenvalue weighted by Crippen LogP contribution is -2.01. The molecule has 1 saturated carbocycles. The van der Waals surface area contributed by atoms with Gasteiger partial charge in [-0.2, -0.15) is 5.10 Å². The Morgan fingerprint density at radius 1 is 1.31 bits per heavy atom. The molecule has 4 nitrogen and oxygen atoms in total. The van der Waals surface area contributed by atoms with Crippen molar-refractivity contribution in [1.29, 1.82) is 0 Å². The molecule has 1 N–H and O–H groups in total. The van der Waals surface area contributed by atoms with Gasteiger partial charge in [-0.15, -0.1) is 0 Å². The fraction of sp³-hybridized carbons (Fsp3) is 0.333. The first-order valence-corrected chi connectivity index (χ1v) is 9.03. The van der Waals surface area contributed by atoms with Gasteiger partial charge in [-0.3, -0.25) is 9.67 Å². The summed E-state index contributed by atoms with van der Waals surface area (Å²) in [5.74, 6) is 0.424. The number of pyridine rings is 1. The van der Waals surface area contributed by atoms with Gasteiger partial charge in [0.1, 0.15) is 5.82 Å². The monoisotopic (exact) mass is 351 g/mol. The van der Waals surface area contributed by atoms with E-state index in [9.17, 15) is 9.50 Å². The van der Waals surface area contributed by atoms with Gasteiger partial charge < -0.3 is 5.11 Å². The Kier molecular flexibility index (Phi) is 4.55. The van der Waals surface area contributed by atoms with Crippen LogP contribution in [0, 0.1) is 11.7 Å². The lowest BCUT2D eigenvalue weighted by atomic mass is 9.95. The molecule has 2 aromatic heterocycles. The summed E-state index contributed by atoms with van der Waals surface area (Å²) in [6, 6.07) is 8.41. The Morgan fingerprint density at radius 2 is 2.15 bits per heavy atom. The van der Waals surface area contributed by atoms with Crippen molar-refractivity contribution < 1.29 is 9.50 Å². The summed E-state index contributed by atoms with van der Waals surface area (Å²) in [5.41, 5.74) is 4.25. The van der Waals surface area contributed by atoms with Gasteiger partial charge in [0.15, 0.2) is 0 Å². The molecule has 2 heterocycles. The van der Waals surface area contributed by atoms with Crippen LogP contribution in [-0.2, 0) is 13.0 Å². The Bertz CT molecular complexity index is 915. The number of aliphatic hydroxyl groups is 1. The summed E-state index contributed by atoms with van der Waals surface area (Å²) in [6.45, 7) is 2.63. The van der Waals surface area contributed by atoms with Crippen LogP contribution in [0.4, 0.5) is 4.39 Å². The number of halogens is 1. The van der Waals surface area contributed by atoms with Crippen molar-refractivity contribution in [3.05, 3.63) is 71.4 Å². The molecule has 1 atom stereocenters. The predicted octanol–water partition coefficient (Wildman–Crippen LogP) is 4.14. The highest BCUT2D eigenvalue weighted by Crippen LogP contribution is 2.32. The first kappa shape index (κ1) is 16.9. The van der Waals surface area contributed by atoms with E-state index in [2.05, 4.69) is 16.3 Å². The van der Waals surface area contributed by atoms with Crippen LogP contribution in [0.15, 0.2) is 48.9 Å². The number of benzene rings is 1. The zero-order valence-corrected chi connectivity index (χ0v) is 14.8. The molecule has 4 rings (SSSR count). The van der Waals surface area contributed by atoms with E-state index >= 15 is 0 Å². The quantitative estimate of drug-likeness (QED) is 0.726. The van der Waals surface area contributed by atoms with E-state index < -0.39 is 6.10 Å². The van der Waals surface area contributed by atoms with Gasteiger partial charge in [-0.1, -0.05) is 6.07 Å². The van der Waals surface area contributed by atoms with Crippen molar-refractivity contribution in [3.63, 3.8) is 0 Å². The van der Waals surface area contributed by atoms with Gasteiger partial charge in [0.25, 0.3) is 0 Å². The summed E-state index contributed by atoms with van der Waals surface area (Å²) in [5, 5.41) is 14.5. The summed E-state index contributed by atoms with van der Waals surface area (Å²) in [4.78, 5) is 4.52. The molecule has 1 aliphatic carbocycles. The number of nitrogens with zero attached hydrogens (tertiary/aromatic N) is 3. The number of hydrogen-bond acceptors (Lipinski definition) is 3. The van der Waals surface area contributed by atoms with Crippen LogP contribution in [-0.4, -0.2) is 19.9 Å². The normalized spacial score (nSPS) is 15.2. The molecule has 0 aliphatic heterocycles. The molecular formula is C21H22FN3O. The van der Waals surface area contributed by atoms with Crippen LogP contribution in [0.2, 0.25) is 0 Å². The lowest BCUT2D eigenvalue weighted by molar-refractivity contribution is 0.199. The zero-order valence-electron chi connectivity index (χ0n) is 14.8. The van der Waals surface area contributed by atoms with E-state index in [0.717, 1.165) is 34.8 Å². The van der Waals surface area contributed by atoms with Crippen LogP contribution in [0.5, 0.6) is 0 Å². The number of rotatable bonds is 6. The Labute approximate surface area is 152 Å². The van der Waals surface area contributed by atoms with Gasteiger partial charge in [0.05, 0.1) is 18.0 Å². The average molecular weight is 351 g/mol. The number of hydrogen-bond donors (Lipinski definition) is 1. The highest BCUT2D eigenvalue weighted by atomic mass is 19.1. The molecule has 1 aromatic carbocycles. The molecule has 1 aliphatic rings. The van der Waals surface area contributed by atoms with Crippen LogP contribution < -0.4 is 0 Å². The molecular weight excluding hydrogens is 329 g/mol. The molecule has 134 valence electrons. The summed E-state index contributed by atoms with van der Waals surface area (Å²) >= 11 is 0. The summed E-state index contributed by atoms with van der Waals surface area (Å²) in [6.07, 6.45) is 8.25. The summed E-state index contributed by atoms with van der Waals surface area (Å²) < 4.78 is 15.7. The van der Waals surface area contributed by atoms with E-state index in [0.29, 0.717) is 12.0 Å². The van der Waals surface area contributed by atoms with Gasteiger partial charge in [-0.05, 0) is 66.6 Å². The molecule has 0 radical (unpaired) electrons. The van der Waals surface area contributed by atoms with Crippen molar-refractivity contribution in [3.8, 4) is 11.3 Å². The van der Waals surface area contributed by atoms with E-state index in [1.807, 2.05) is 23.0 Å². The van der Waals surface area contributed by atoms with Crippen molar-refractivity contribution in [2.24, 2.45) is 5.92 Å². The molecule has 0 spiro atoms. The maximum Gasteiger partial charge on any atom is 0.123 e. The fourth-order valence-corrected chi connectivity index (χ4v) is 3.30. The average Bonchev–Trinajstić information content (AvgIpc) is 3.33. The minimum Gasteiger partial charge on any atom is -0.389 e. The third-order valence-electron chi connectivity index (χ3n) is 4.83. The molecule has 0 amide bonds. The maximum atomic E-state index is 13.6. The highest BCUT2D eigenvalue weighted by Gasteiger charge is 2.22. The molecule has 0 saturated heterocycles. The molecule has 5 heteroatoms.